The smallest absolute Gasteiger partial charge is 0.214 e. The highest BCUT2D eigenvalue weighted by Gasteiger charge is 2.18. The SMILES string of the molecule is CC1CCCC(CCNc2cccc(F)n2)C1. The van der Waals surface area contributed by atoms with E-state index in [1.54, 1.807) is 6.07 Å². The van der Waals surface area contributed by atoms with Gasteiger partial charge in [-0.25, -0.2) is 4.98 Å². The van der Waals surface area contributed by atoms with E-state index in [2.05, 4.69) is 17.2 Å². The lowest BCUT2D eigenvalue weighted by molar-refractivity contribution is 0.274. The first-order valence-electron chi connectivity index (χ1n) is 6.60. The third kappa shape index (κ3) is 3.99. The molecule has 0 aromatic carbocycles. The predicted octanol–water partition coefficient (Wildman–Crippen LogP) is 3.85. The monoisotopic (exact) mass is 236 g/mol. The molecule has 1 N–H and O–H groups in total. The van der Waals surface area contributed by atoms with Crippen molar-refractivity contribution in [1.82, 2.24) is 4.98 Å². The second-order valence-electron chi connectivity index (χ2n) is 5.20. The molecule has 0 aliphatic heterocycles. The largest absolute Gasteiger partial charge is 0.370 e. The molecular formula is C14H21FN2. The maximum Gasteiger partial charge on any atom is 0.214 e. The van der Waals surface area contributed by atoms with Crippen LogP contribution in [-0.4, -0.2) is 11.5 Å². The average Bonchev–Trinajstić information content (AvgIpc) is 2.29. The average molecular weight is 236 g/mol. The van der Waals surface area contributed by atoms with Crippen molar-refractivity contribution in [3.05, 3.63) is 24.1 Å². The van der Waals surface area contributed by atoms with Crippen LogP contribution >= 0.6 is 0 Å². The minimum atomic E-state index is -0.415. The summed E-state index contributed by atoms with van der Waals surface area (Å²) in [4.78, 5) is 3.79. The van der Waals surface area contributed by atoms with Crippen molar-refractivity contribution in [2.24, 2.45) is 11.8 Å². The summed E-state index contributed by atoms with van der Waals surface area (Å²) in [7, 11) is 0. The van der Waals surface area contributed by atoms with Gasteiger partial charge in [0.05, 0.1) is 0 Å². The number of nitrogens with one attached hydrogen (secondary N) is 1. The number of rotatable bonds is 4. The van der Waals surface area contributed by atoms with Gasteiger partial charge in [0.2, 0.25) is 5.95 Å². The normalized spacial score (nSPS) is 24.6. The summed E-state index contributed by atoms with van der Waals surface area (Å²) in [5, 5.41) is 3.20. The van der Waals surface area contributed by atoms with Crippen LogP contribution in [-0.2, 0) is 0 Å². The summed E-state index contributed by atoms with van der Waals surface area (Å²) in [6.07, 6.45) is 6.61. The number of pyridine rings is 1. The molecule has 1 aromatic rings. The van der Waals surface area contributed by atoms with Crippen LogP contribution in [0.2, 0.25) is 0 Å². The van der Waals surface area contributed by atoms with Crippen LogP contribution in [0.1, 0.15) is 39.0 Å². The Kier molecular flexibility index (Phi) is 4.35. The van der Waals surface area contributed by atoms with Crippen LogP contribution in [0.15, 0.2) is 18.2 Å². The van der Waals surface area contributed by atoms with Gasteiger partial charge in [-0.15, -0.1) is 0 Å². The molecule has 0 bridgehead atoms. The maximum atomic E-state index is 12.8. The van der Waals surface area contributed by atoms with E-state index in [0.29, 0.717) is 5.82 Å². The van der Waals surface area contributed by atoms with Gasteiger partial charge in [-0.3, -0.25) is 0 Å². The highest BCUT2D eigenvalue weighted by Crippen LogP contribution is 2.30. The topological polar surface area (TPSA) is 24.9 Å². The summed E-state index contributed by atoms with van der Waals surface area (Å²) >= 11 is 0. The molecule has 94 valence electrons. The van der Waals surface area contributed by atoms with Crippen LogP contribution in [0, 0.1) is 17.8 Å². The zero-order valence-electron chi connectivity index (χ0n) is 10.5. The summed E-state index contributed by atoms with van der Waals surface area (Å²) in [6.45, 7) is 3.24. The zero-order valence-corrected chi connectivity index (χ0v) is 10.5. The molecule has 2 unspecified atom stereocenters. The summed E-state index contributed by atoms with van der Waals surface area (Å²) in [6, 6.07) is 4.87. The molecule has 2 rings (SSSR count). The lowest BCUT2D eigenvalue weighted by Gasteiger charge is -2.26. The van der Waals surface area contributed by atoms with Gasteiger partial charge in [0, 0.05) is 6.54 Å². The van der Waals surface area contributed by atoms with Crippen LogP contribution in [0.4, 0.5) is 10.2 Å². The van der Waals surface area contributed by atoms with E-state index in [0.717, 1.165) is 18.4 Å². The lowest BCUT2D eigenvalue weighted by atomic mass is 9.81. The molecule has 0 spiro atoms. The quantitative estimate of drug-likeness (QED) is 0.803. The molecule has 1 saturated carbocycles. The van der Waals surface area contributed by atoms with E-state index in [4.69, 9.17) is 0 Å². The lowest BCUT2D eigenvalue weighted by Crippen LogP contribution is -2.16. The Morgan fingerprint density at radius 3 is 3.06 bits per heavy atom. The number of nitrogens with zero attached hydrogens (tertiary/aromatic N) is 1. The van der Waals surface area contributed by atoms with E-state index < -0.39 is 5.95 Å². The Bertz CT molecular complexity index is 354. The molecule has 0 saturated heterocycles. The third-order valence-corrected chi connectivity index (χ3v) is 3.62. The Labute approximate surface area is 103 Å². The highest BCUT2D eigenvalue weighted by molar-refractivity contribution is 5.33. The van der Waals surface area contributed by atoms with Crippen LogP contribution in [0.25, 0.3) is 0 Å². The number of hydrogen-bond donors (Lipinski definition) is 1. The van der Waals surface area contributed by atoms with Crippen molar-refractivity contribution in [2.45, 2.75) is 39.0 Å². The van der Waals surface area contributed by atoms with Gasteiger partial charge < -0.3 is 5.32 Å². The third-order valence-electron chi connectivity index (χ3n) is 3.62. The molecular weight excluding hydrogens is 215 g/mol. The minimum Gasteiger partial charge on any atom is -0.370 e. The van der Waals surface area contributed by atoms with Crippen molar-refractivity contribution < 1.29 is 4.39 Å². The van der Waals surface area contributed by atoms with Crippen LogP contribution in [0.3, 0.4) is 0 Å². The van der Waals surface area contributed by atoms with Gasteiger partial charge in [0.25, 0.3) is 0 Å². The number of anilines is 1. The van der Waals surface area contributed by atoms with Crippen LogP contribution in [0.5, 0.6) is 0 Å². The molecule has 3 heteroatoms. The number of hydrogen-bond acceptors (Lipinski definition) is 2. The molecule has 1 aliphatic carbocycles. The predicted molar refractivity (Wildman–Crippen MR) is 68.4 cm³/mol. The van der Waals surface area contributed by atoms with Gasteiger partial charge in [0.15, 0.2) is 0 Å². The zero-order chi connectivity index (χ0) is 12.1. The first-order valence-corrected chi connectivity index (χ1v) is 6.60. The van der Waals surface area contributed by atoms with Gasteiger partial charge in [-0.05, 0) is 36.8 Å². The molecule has 17 heavy (non-hydrogen) atoms. The fourth-order valence-corrected chi connectivity index (χ4v) is 2.73. The van der Waals surface area contributed by atoms with Crippen molar-refractivity contribution in [3.8, 4) is 0 Å². The Balaban J connectivity index is 1.72. The van der Waals surface area contributed by atoms with E-state index in [9.17, 15) is 4.39 Å². The van der Waals surface area contributed by atoms with E-state index in [1.165, 1.54) is 38.2 Å². The Morgan fingerprint density at radius 2 is 2.29 bits per heavy atom. The maximum absolute atomic E-state index is 12.8. The minimum absolute atomic E-state index is 0.415. The van der Waals surface area contributed by atoms with Gasteiger partial charge in [0.1, 0.15) is 5.82 Å². The number of aromatic nitrogens is 1. The molecule has 2 nitrogen and oxygen atoms in total. The first-order chi connectivity index (χ1) is 8.24. The van der Waals surface area contributed by atoms with Crippen molar-refractivity contribution in [1.29, 1.82) is 0 Å². The van der Waals surface area contributed by atoms with Crippen molar-refractivity contribution in [2.75, 3.05) is 11.9 Å². The second-order valence-corrected chi connectivity index (χ2v) is 5.20. The molecule has 2 atom stereocenters. The van der Waals surface area contributed by atoms with Gasteiger partial charge in [-0.1, -0.05) is 32.3 Å². The fourth-order valence-electron chi connectivity index (χ4n) is 2.73. The molecule has 1 aromatic heterocycles. The van der Waals surface area contributed by atoms with Crippen molar-refractivity contribution in [3.63, 3.8) is 0 Å². The van der Waals surface area contributed by atoms with E-state index >= 15 is 0 Å². The Hall–Kier alpha value is -1.12. The molecule has 0 amide bonds. The molecule has 1 heterocycles. The Morgan fingerprint density at radius 1 is 1.41 bits per heavy atom. The molecule has 1 fully saturated rings. The van der Waals surface area contributed by atoms with Crippen LogP contribution < -0.4 is 5.32 Å². The summed E-state index contributed by atoms with van der Waals surface area (Å²) < 4.78 is 12.8. The fraction of sp³-hybridized carbons (Fsp3) is 0.643. The second kappa shape index (κ2) is 5.99. The van der Waals surface area contributed by atoms with Gasteiger partial charge >= 0.3 is 0 Å². The van der Waals surface area contributed by atoms with Crippen molar-refractivity contribution >= 4 is 5.82 Å². The highest BCUT2D eigenvalue weighted by atomic mass is 19.1. The van der Waals surface area contributed by atoms with Gasteiger partial charge in [-0.2, -0.15) is 4.39 Å². The number of halogens is 1. The van der Waals surface area contributed by atoms with E-state index in [1.807, 2.05) is 6.07 Å². The molecule has 1 aliphatic rings. The standard InChI is InChI=1S/C14H21FN2/c1-11-4-2-5-12(10-11)8-9-16-14-7-3-6-13(15)17-14/h3,6-7,11-12H,2,4-5,8-10H2,1H3,(H,16,17). The summed E-state index contributed by atoms with van der Waals surface area (Å²) in [5.74, 6) is 1.94. The molecule has 0 radical (unpaired) electrons. The summed E-state index contributed by atoms with van der Waals surface area (Å²) in [5.41, 5.74) is 0. The van der Waals surface area contributed by atoms with E-state index in [-0.39, 0.29) is 0 Å². The first kappa shape index (κ1) is 12.3.